The van der Waals surface area contributed by atoms with Crippen LogP contribution in [0.3, 0.4) is 0 Å². The van der Waals surface area contributed by atoms with Crippen LogP contribution >= 0.6 is 0 Å². The average molecular weight is 297 g/mol. The molecule has 1 atom stereocenters. The summed E-state index contributed by atoms with van der Waals surface area (Å²) < 4.78 is 0. The van der Waals surface area contributed by atoms with Crippen molar-refractivity contribution in [1.82, 2.24) is 20.4 Å². The summed E-state index contributed by atoms with van der Waals surface area (Å²) >= 11 is 0. The van der Waals surface area contributed by atoms with Gasteiger partial charge in [0.1, 0.15) is 0 Å². The van der Waals surface area contributed by atoms with Gasteiger partial charge in [0.2, 0.25) is 5.91 Å². The number of hydrogen-bond donors (Lipinski definition) is 3. The second kappa shape index (κ2) is 7.72. The Bertz CT molecular complexity index is 370. The highest BCUT2D eigenvalue weighted by Gasteiger charge is 2.26. The van der Waals surface area contributed by atoms with Gasteiger partial charge >= 0.3 is 6.03 Å². The van der Waals surface area contributed by atoms with Gasteiger partial charge in [0, 0.05) is 38.3 Å². The zero-order valence-corrected chi connectivity index (χ0v) is 12.8. The van der Waals surface area contributed by atoms with Gasteiger partial charge in [0.05, 0.1) is 6.54 Å². The highest BCUT2D eigenvalue weighted by molar-refractivity contribution is 5.95. The number of amides is 3. The zero-order chi connectivity index (χ0) is 15.2. The molecule has 0 aromatic carbocycles. The van der Waals surface area contributed by atoms with E-state index in [2.05, 4.69) is 27.5 Å². The molecule has 2 fully saturated rings. The molecule has 0 aromatic rings. The molecule has 1 aliphatic heterocycles. The molecule has 3 amide bonds. The lowest BCUT2D eigenvalue weighted by atomic mass is 10.1. The average Bonchev–Trinajstić information content (AvgIpc) is 2.93. The highest BCUT2D eigenvalue weighted by Crippen LogP contribution is 2.17. The van der Waals surface area contributed by atoms with Crippen LogP contribution in [0.5, 0.6) is 0 Å². The predicted octanol–water partition coefficient (Wildman–Crippen LogP) is -0.670. The standard InChI is InChI=1S/C14H27N5O2/c1-18-6-7-19(12(8-15)9-18)10-13(20)17-14(21)16-11-4-2-3-5-11/h11-12H,2-10,15H2,1H3,(H2,16,17,20,21). The lowest BCUT2D eigenvalue weighted by Gasteiger charge is -2.38. The topological polar surface area (TPSA) is 90.7 Å². The van der Waals surface area contributed by atoms with Gasteiger partial charge in [-0.05, 0) is 19.9 Å². The minimum atomic E-state index is -0.370. The van der Waals surface area contributed by atoms with Gasteiger partial charge in [-0.25, -0.2) is 4.79 Å². The third-order valence-corrected chi connectivity index (χ3v) is 4.37. The number of hydrogen-bond acceptors (Lipinski definition) is 5. The minimum absolute atomic E-state index is 0.174. The van der Waals surface area contributed by atoms with Gasteiger partial charge in [-0.3, -0.25) is 15.0 Å². The van der Waals surface area contributed by atoms with Gasteiger partial charge in [-0.2, -0.15) is 0 Å². The van der Waals surface area contributed by atoms with Gasteiger partial charge in [-0.15, -0.1) is 0 Å². The van der Waals surface area contributed by atoms with E-state index in [9.17, 15) is 9.59 Å². The van der Waals surface area contributed by atoms with Crippen molar-refractivity contribution in [2.75, 3.05) is 39.8 Å². The number of imide groups is 1. The van der Waals surface area contributed by atoms with E-state index in [4.69, 9.17) is 5.73 Å². The molecule has 0 spiro atoms. The molecule has 21 heavy (non-hydrogen) atoms. The van der Waals surface area contributed by atoms with Crippen LogP contribution < -0.4 is 16.4 Å². The fraction of sp³-hybridized carbons (Fsp3) is 0.857. The van der Waals surface area contributed by atoms with E-state index in [1.54, 1.807) is 0 Å². The first-order valence-corrected chi connectivity index (χ1v) is 7.81. The number of nitrogens with two attached hydrogens (primary N) is 1. The van der Waals surface area contributed by atoms with Crippen LogP contribution in [0.1, 0.15) is 25.7 Å². The molecule has 1 unspecified atom stereocenters. The van der Waals surface area contributed by atoms with E-state index in [1.165, 1.54) is 0 Å². The Morgan fingerprint density at radius 3 is 2.62 bits per heavy atom. The molecule has 1 aliphatic carbocycles. The molecule has 0 aromatic heterocycles. The summed E-state index contributed by atoms with van der Waals surface area (Å²) in [5.74, 6) is -0.256. The van der Waals surface area contributed by atoms with E-state index in [0.717, 1.165) is 45.3 Å². The number of likely N-dealkylation sites (N-methyl/N-ethyl adjacent to an activating group) is 1. The first kappa shape index (κ1) is 16.2. The smallest absolute Gasteiger partial charge is 0.321 e. The molecular weight excluding hydrogens is 270 g/mol. The molecule has 2 rings (SSSR count). The maximum atomic E-state index is 12.0. The van der Waals surface area contributed by atoms with Crippen LogP contribution in [0.2, 0.25) is 0 Å². The van der Waals surface area contributed by atoms with E-state index < -0.39 is 0 Å². The molecule has 2 aliphatic rings. The van der Waals surface area contributed by atoms with Gasteiger partial charge in [0.15, 0.2) is 0 Å². The Morgan fingerprint density at radius 2 is 1.95 bits per heavy atom. The molecule has 1 heterocycles. The fourth-order valence-corrected chi connectivity index (χ4v) is 3.12. The molecule has 120 valence electrons. The van der Waals surface area contributed by atoms with Crippen molar-refractivity contribution in [3.05, 3.63) is 0 Å². The van der Waals surface area contributed by atoms with Crippen LogP contribution in [-0.4, -0.2) is 73.6 Å². The number of piperazine rings is 1. The normalized spacial score (nSPS) is 25.0. The quantitative estimate of drug-likeness (QED) is 0.640. The van der Waals surface area contributed by atoms with E-state index >= 15 is 0 Å². The SMILES string of the molecule is CN1CCN(CC(=O)NC(=O)NC2CCCC2)C(CN)C1. The third-order valence-electron chi connectivity index (χ3n) is 4.37. The van der Waals surface area contributed by atoms with Crippen molar-refractivity contribution in [3.63, 3.8) is 0 Å². The summed E-state index contributed by atoms with van der Waals surface area (Å²) in [5, 5.41) is 5.28. The number of carbonyl (C=O) groups is 2. The molecule has 1 saturated carbocycles. The van der Waals surface area contributed by atoms with Crippen molar-refractivity contribution < 1.29 is 9.59 Å². The summed E-state index contributed by atoms with van der Waals surface area (Å²) in [6.45, 7) is 3.33. The first-order valence-electron chi connectivity index (χ1n) is 7.81. The summed E-state index contributed by atoms with van der Waals surface area (Å²) in [6, 6.07) is 0.0240. The minimum Gasteiger partial charge on any atom is -0.335 e. The van der Waals surface area contributed by atoms with E-state index in [-0.39, 0.29) is 30.6 Å². The summed E-state index contributed by atoms with van der Waals surface area (Å²) in [6.07, 6.45) is 4.32. The summed E-state index contributed by atoms with van der Waals surface area (Å²) in [5.41, 5.74) is 5.76. The van der Waals surface area contributed by atoms with Crippen LogP contribution in [-0.2, 0) is 4.79 Å². The predicted molar refractivity (Wildman–Crippen MR) is 80.8 cm³/mol. The summed E-state index contributed by atoms with van der Waals surface area (Å²) in [7, 11) is 2.05. The number of nitrogens with zero attached hydrogens (tertiary/aromatic N) is 2. The molecular formula is C14H27N5O2. The molecule has 1 saturated heterocycles. The molecule has 7 nitrogen and oxygen atoms in total. The van der Waals surface area contributed by atoms with Crippen LogP contribution in [0.4, 0.5) is 4.79 Å². The molecule has 7 heteroatoms. The number of rotatable bonds is 4. The second-order valence-electron chi connectivity index (χ2n) is 6.13. The van der Waals surface area contributed by atoms with E-state index in [0.29, 0.717) is 6.54 Å². The Morgan fingerprint density at radius 1 is 1.24 bits per heavy atom. The Balaban J connectivity index is 1.73. The first-order chi connectivity index (χ1) is 10.1. The van der Waals surface area contributed by atoms with Crippen molar-refractivity contribution >= 4 is 11.9 Å². The largest absolute Gasteiger partial charge is 0.335 e. The summed E-state index contributed by atoms with van der Waals surface area (Å²) in [4.78, 5) is 28.0. The third kappa shape index (κ3) is 4.94. The lowest BCUT2D eigenvalue weighted by Crippen LogP contribution is -2.57. The zero-order valence-electron chi connectivity index (χ0n) is 12.8. The van der Waals surface area contributed by atoms with Crippen molar-refractivity contribution in [2.45, 2.75) is 37.8 Å². The van der Waals surface area contributed by atoms with Crippen molar-refractivity contribution in [2.24, 2.45) is 5.73 Å². The maximum Gasteiger partial charge on any atom is 0.321 e. The van der Waals surface area contributed by atoms with Crippen LogP contribution in [0.15, 0.2) is 0 Å². The maximum absolute atomic E-state index is 12.0. The van der Waals surface area contributed by atoms with Crippen LogP contribution in [0.25, 0.3) is 0 Å². The molecule has 0 radical (unpaired) electrons. The Kier molecular flexibility index (Phi) is 5.96. The number of carbonyl (C=O) groups excluding carboxylic acids is 2. The van der Waals surface area contributed by atoms with E-state index in [1.807, 2.05) is 0 Å². The van der Waals surface area contributed by atoms with Gasteiger partial charge in [-0.1, -0.05) is 12.8 Å². The monoisotopic (exact) mass is 297 g/mol. The Hall–Kier alpha value is -1.18. The fourth-order valence-electron chi connectivity index (χ4n) is 3.12. The second-order valence-corrected chi connectivity index (χ2v) is 6.13. The number of urea groups is 1. The highest BCUT2D eigenvalue weighted by atomic mass is 16.2. The van der Waals surface area contributed by atoms with Gasteiger partial charge in [0.25, 0.3) is 0 Å². The van der Waals surface area contributed by atoms with Crippen molar-refractivity contribution in [1.29, 1.82) is 0 Å². The molecule has 4 N–H and O–H groups in total. The molecule has 0 bridgehead atoms. The Labute approximate surface area is 126 Å². The van der Waals surface area contributed by atoms with Crippen molar-refractivity contribution in [3.8, 4) is 0 Å². The lowest BCUT2D eigenvalue weighted by molar-refractivity contribution is -0.122. The van der Waals surface area contributed by atoms with Gasteiger partial charge < -0.3 is 16.0 Å². The number of nitrogens with one attached hydrogen (secondary N) is 2. The van der Waals surface area contributed by atoms with Crippen LogP contribution in [0, 0.1) is 0 Å².